The molecule has 7 heteroatoms. The Balaban J connectivity index is 1.78. The van der Waals surface area contributed by atoms with E-state index in [9.17, 15) is 9.59 Å². The number of nitrogens with one attached hydrogen (secondary N) is 1. The summed E-state index contributed by atoms with van der Waals surface area (Å²) in [6, 6.07) is 13.3. The van der Waals surface area contributed by atoms with Crippen molar-refractivity contribution in [3.05, 3.63) is 77.1 Å². The summed E-state index contributed by atoms with van der Waals surface area (Å²) in [6.45, 7) is 6.57. The molecule has 1 aliphatic carbocycles. The van der Waals surface area contributed by atoms with E-state index < -0.39 is 17.8 Å². The van der Waals surface area contributed by atoms with Crippen LogP contribution in [0.2, 0.25) is 0 Å². The zero-order valence-electron chi connectivity index (χ0n) is 20.6. The number of carbonyl (C=O) groups is 2. The number of hydrogen-bond acceptors (Lipinski definition) is 7. The first-order valence-electron chi connectivity index (χ1n) is 11.7. The molecule has 1 N–H and O–H groups in total. The van der Waals surface area contributed by atoms with Crippen LogP contribution in [0, 0.1) is 5.92 Å². The highest BCUT2D eigenvalue weighted by atomic mass is 16.5. The van der Waals surface area contributed by atoms with Crippen molar-refractivity contribution in [2.24, 2.45) is 5.92 Å². The van der Waals surface area contributed by atoms with Crippen molar-refractivity contribution in [2.75, 3.05) is 27.9 Å². The molecule has 0 fully saturated rings. The van der Waals surface area contributed by atoms with Gasteiger partial charge in [0.15, 0.2) is 17.3 Å². The lowest BCUT2D eigenvalue weighted by atomic mass is 9.69. The monoisotopic (exact) mass is 477 g/mol. The van der Waals surface area contributed by atoms with Gasteiger partial charge in [-0.1, -0.05) is 24.8 Å². The van der Waals surface area contributed by atoms with Crippen molar-refractivity contribution >= 4 is 11.8 Å². The molecule has 0 bridgehead atoms. The lowest BCUT2D eigenvalue weighted by Gasteiger charge is -2.40. The molecule has 1 heterocycles. The van der Waals surface area contributed by atoms with Crippen LogP contribution in [0.5, 0.6) is 17.2 Å². The average Bonchev–Trinajstić information content (AvgIpc) is 2.87. The number of esters is 1. The summed E-state index contributed by atoms with van der Waals surface area (Å²) >= 11 is 0. The van der Waals surface area contributed by atoms with Crippen LogP contribution in [-0.2, 0) is 14.3 Å². The second-order valence-corrected chi connectivity index (χ2v) is 8.67. The van der Waals surface area contributed by atoms with Gasteiger partial charge in [0.2, 0.25) is 0 Å². The van der Waals surface area contributed by atoms with Gasteiger partial charge in [0.05, 0.1) is 27.9 Å². The van der Waals surface area contributed by atoms with Gasteiger partial charge >= 0.3 is 5.97 Å². The predicted molar refractivity (Wildman–Crippen MR) is 132 cm³/mol. The number of Topliss-reactive ketones (excluding diaryl/α,β-unsaturated/α-hetero) is 1. The summed E-state index contributed by atoms with van der Waals surface area (Å²) in [5.74, 6) is 0.218. The van der Waals surface area contributed by atoms with Gasteiger partial charge in [-0.25, -0.2) is 0 Å². The molecular weight excluding hydrogens is 446 g/mol. The summed E-state index contributed by atoms with van der Waals surface area (Å²) < 4.78 is 21.6. The fraction of sp³-hybridized carbons (Fsp3) is 0.357. The minimum atomic E-state index is -0.725. The summed E-state index contributed by atoms with van der Waals surface area (Å²) in [6.07, 6.45) is 0.920. The highest BCUT2D eigenvalue weighted by molar-refractivity contribution is 6.01. The predicted octanol–water partition coefficient (Wildman–Crippen LogP) is 4.49. The molecule has 2 aromatic rings. The van der Waals surface area contributed by atoms with E-state index in [1.54, 1.807) is 14.2 Å². The van der Waals surface area contributed by atoms with E-state index in [0.29, 0.717) is 48.0 Å². The lowest BCUT2D eigenvalue weighted by Crippen LogP contribution is -2.42. The minimum Gasteiger partial charge on any atom is -0.494 e. The maximum atomic E-state index is 13.7. The van der Waals surface area contributed by atoms with E-state index in [4.69, 9.17) is 18.9 Å². The Morgan fingerprint density at radius 1 is 1.03 bits per heavy atom. The van der Waals surface area contributed by atoms with Gasteiger partial charge in [-0.15, -0.1) is 0 Å². The normalized spacial score (nSPS) is 21.7. The summed E-state index contributed by atoms with van der Waals surface area (Å²) in [7, 11) is 4.53. The number of hydrogen-bond donors (Lipinski definition) is 1. The molecule has 184 valence electrons. The largest absolute Gasteiger partial charge is 0.494 e. The Morgan fingerprint density at radius 2 is 1.80 bits per heavy atom. The maximum absolute atomic E-state index is 13.7. The molecule has 0 saturated heterocycles. The molecule has 0 saturated carbocycles. The number of carbonyl (C=O) groups excluding carboxylic acids is 2. The zero-order chi connectivity index (χ0) is 25.1. The summed E-state index contributed by atoms with van der Waals surface area (Å²) in [5, 5.41) is 3.28. The van der Waals surface area contributed by atoms with Gasteiger partial charge < -0.3 is 24.3 Å². The third-order valence-electron chi connectivity index (χ3n) is 6.70. The van der Waals surface area contributed by atoms with Crippen LogP contribution in [0.15, 0.2) is 66.0 Å². The summed E-state index contributed by atoms with van der Waals surface area (Å²) in [4.78, 5) is 26.5. The molecule has 3 unspecified atom stereocenters. The van der Waals surface area contributed by atoms with Crippen molar-refractivity contribution in [3.63, 3.8) is 0 Å². The first kappa shape index (κ1) is 24.4. The minimum absolute atomic E-state index is 0.00764. The van der Waals surface area contributed by atoms with Gasteiger partial charge in [0.1, 0.15) is 11.7 Å². The highest BCUT2D eigenvalue weighted by Crippen LogP contribution is 2.48. The fourth-order valence-corrected chi connectivity index (χ4v) is 5.12. The van der Waals surface area contributed by atoms with Crippen LogP contribution in [0.1, 0.15) is 42.7 Å². The maximum Gasteiger partial charge on any atom is 0.315 e. The molecule has 3 atom stereocenters. The Hall–Kier alpha value is -3.74. The fourth-order valence-electron chi connectivity index (χ4n) is 5.12. The van der Waals surface area contributed by atoms with Crippen molar-refractivity contribution < 1.29 is 28.5 Å². The zero-order valence-corrected chi connectivity index (χ0v) is 20.6. The molecule has 2 aromatic carbocycles. The number of benzene rings is 2. The van der Waals surface area contributed by atoms with E-state index in [0.717, 1.165) is 16.8 Å². The highest BCUT2D eigenvalue weighted by Gasteiger charge is 2.45. The van der Waals surface area contributed by atoms with Crippen molar-refractivity contribution in [3.8, 4) is 17.2 Å². The number of ether oxygens (including phenoxy) is 4. The Bertz CT molecular complexity index is 1180. The molecule has 35 heavy (non-hydrogen) atoms. The standard InChI is InChI=1S/C28H31NO6/c1-6-35-20-9-7-8-18(12-20)26-25(28(31)34-5)16(2)29-21-13-19(14-22(30)27(21)26)17-10-11-23(32-3)24(15-17)33-4/h7-12,15,19,25-26,29H,2,6,13-14H2,1,3-5H3. The molecule has 1 aliphatic heterocycles. The number of allylic oxidation sites excluding steroid dienone is 2. The number of ketones is 1. The van der Waals surface area contributed by atoms with Gasteiger partial charge in [-0.05, 0) is 54.7 Å². The second-order valence-electron chi connectivity index (χ2n) is 8.67. The van der Waals surface area contributed by atoms with Crippen LogP contribution in [0.3, 0.4) is 0 Å². The smallest absolute Gasteiger partial charge is 0.315 e. The van der Waals surface area contributed by atoms with Gasteiger partial charge in [0.25, 0.3) is 0 Å². The van der Waals surface area contributed by atoms with Crippen molar-refractivity contribution in [2.45, 2.75) is 31.6 Å². The number of methoxy groups -OCH3 is 3. The Morgan fingerprint density at radius 3 is 2.49 bits per heavy atom. The topological polar surface area (TPSA) is 83.1 Å². The molecule has 0 radical (unpaired) electrons. The first-order valence-corrected chi connectivity index (χ1v) is 11.7. The van der Waals surface area contributed by atoms with Gasteiger partial charge in [-0.3, -0.25) is 9.59 Å². The van der Waals surface area contributed by atoms with Crippen molar-refractivity contribution in [1.29, 1.82) is 0 Å². The van der Waals surface area contributed by atoms with E-state index in [2.05, 4.69) is 11.9 Å². The van der Waals surface area contributed by atoms with E-state index in [1.165, 1.54) is 7.11 Å². The quantitative estimate of drug-likeness (QED) is 0.588. The molecular formula is C28H31NO6. The molecule has 2 aliphatic rings. The van der Waals surface area contributed by atoms with E-state index in [-0.39, 0.29) is 11.7 Å². The molecule has 7 nitrogen and oxygen atoms in total. The van der Waals surface area contributed by atoms with Gasteiger partial charge in [0, 0.05) is 29.3 Å². The second kappa shape index (κ2) is 10.3. The Kier molecular flexibility index (Phi) is 7.15. The van der Waals surface area contributed by atoms with Crippen LogP contribution < -0.4 is 19.5 Å². The molecule has 0 spiro atoms. The first-order chi connectivity index (χ1) is 16.9. The SMILES string of the molecule is C=C1NC2=C(C(=O)CC(c3ccc(OC)c(OC)c3)C2)C(c2cccc(OCC)c2)C1C(=O)OC. The third-order valence-corrected chi connectivity index (χ3v) is 6.70. The molecule has 4 rings (SSSR count). The average molecular weight is 478 g/mol. The van der Waals surface area contributed by atoms with E-state index in [1.807, 2.05) is 49.4 Å². The lowest BCUT2D eigenvalue weighted by molar-refractivity contribution is -0.144. The van der Waals surface area contributed by atoms with Crippen LogP contribution >= 0.6 is 0 Å². The molecule has 0 aromatic heterocycles. The summed E-state index contributed by atoms with van der Waals surface area (Å²) in [5.41, 5.74) is 3.72. The van der Waals surface area contributed by atoms with E-state index >= 15 is 0 Å². The van der Waals surface area contributed by atoms with Crippen LogP contribution in [-0.4, -0.2) is 39.7 Å². The third kappa shape index (κ3) is 4.63. The van der Waals surface area contributed by atoms with Gasteiger partial charge in [-0.2, -0.15) is 0 Å². The number of rotatable bonds is 7. The Labute approximate surface area is 205 Å². The molecule has 0 amide bonds. The van der Waals surface area contributed by atoms with Crippen LogP contribution in [0.25, 0.3) is 0 Å². The van der Waals surface area contributed by atoms with Crippen molar-refractivity contribution in [1.82, 2.24) is 5.32 Å². The van der Waals surface area contributed by atoms with Crippen LogP contribution in [0.4, 0.5) is 0 Å².